The van der Waals surface area contributed by atoms with E-state index >= 15 is 0 Å². The van der Waals surface area contributed by atoms with Crippen molar-refractivity contribution in [2.24, 2.45) is 0 Å². The minimum atomic E-state index is -4.04. The molecule has 0 aliphatic heterocycles. The number of aromatic nitrogens is 1. The summed E-state index contributed by atoms with van der Waals surface area (Å²) in [5.41, 5.74) is 1.27. The summed E-state index contributed by atoms with van der Waals surface area (Å²) in [5, 5.41) is 0. The van der Waals surface area contributed by atoms with Gasteiger partial charge in [0.15, 0.2) is 5.85 Å². The third-order valence-electron chi connectivity index (χ3n) is 3.98. The Balaban J connectivity index is 2.39. The van der Waals surface area contributed by atoms with Gasteiger partial charge in [0.05, 0.1) is 26.4 Å². The van der Waals surface area contributed by atoms with Gasteiger partial charge in [0.25, 0.3) is 0 Å². The molecule has 1 unspecified atom stereocenters. The van der Waals surface area contributed by atoms with Gasteiger partial charge in [0, 0.05) is 18.0 Å². The van der Waals surface area contributed by atoms with Crippen LogP contribution in [0.2, 0.25) is 0 Å². The Morgan fingerprint density at radius 3 is 2.09 bits per heavy atom. The molecule has 0 fully saturated rings. The van der Waals surface area contributed by atoms with Crippen LogP contribution in [-0.2, 0) is 38.4 Å². The van der Waals surface area contributed by atoms with Crippen molar-refractivity contribution in [3.05, 3.63) is 59.9 Å². The zero-order valence-corrected chi connectivity index (χ0v) is 20.6. The predicted molar refractivity (Wildman–Crippen MR) is 121 cm³/mol. The van der Waals surface area contributed by atoms with Gasteiger partial charge in [0.1, 0.15) is 12.4 Å². The molecule has 0 saturated heterocycles. The molecule has 0 aliphatic rings. The SMILES string of the molecule is CCOP(=O)(OCC)OC(c1cccc(OCc2cccnc2)c1)P(=O)(OCC)OCC. The molecule has 178 valence electrons. The molecule has 0 N–H and O–H groups in total. The first-order valence-corrected chi connectivity index (χ1v) is 13.5. The lowest BCUT2D eigenvalue weighted by Gasteiger charge is -2.29. The highest BCUT2D eigenvalue weighted by Crippen LogP contribution is 2.67. The molecule has 0 spiro atoms. The van der Waals surface area contributed by atoms with Crippen LogP contribution >= 0.6 is 15.4 Å². The zero-order valence-electron chi connectivity index (χ0n) is 18.8. The van der Waals surface area contributed by atoms with Gasteiger partial charge in [-0.15, -0.1) is 0 Å². The van der Waals surface area contributed by atoms with Gasteiger partial charge in [-0.25, -0.2) is 4.57 Å². The van der Waals surface area contributed by atoms with Crippen molar-refractivity contribution < 1.29 is 36.5 Å². The maximum Gasteiger partial charge on any atom is 0.475 e. The summed E-state index contributed by atoms with van der Waals surface area (Å²) < 4.78 is 59.8. The van der Waals surface area contributed by atoms with Crippen molar-refractivity contribution >= 4 is 15.4 Å². The molecular formula is C21H31NO8P2. The van der Waals surface area contributed by atoms with E-state index in [0.29, 0.717) is 11.3 Å². The van der Waals surface area contributed by atoms with Crippen LogP contribution in [0.5, 0.6) is 5.75 Å². The van der Waals surface area contributed by atoms with Crippen molar-refractivity contribution in [3.8, 4) is 5.75 Å². The number of hydrogen-bond acceptors (Lipinski definition) is 9. The highest BCUT2D eigenvalue weighted by Gasteiger charge is 2.44. The Morgan fingerprint density at radius 2 is 1.53 bits per heavy atom. The summed E-state index contributed by atoms with van der Waals surface area (Å²) in [7, 11) is -7.96. The highest BCUT2D eigenvalue weighted by molar-refractivity contribution is 7.55. The number of rotatable bonds is 15. The topological polar surface area (TPSA) is 102 Å². The van der Waals surface area contributed by atoms with Gasteiger partial charge in [-0.3, -0.25) is 23.1 Å². The minimum Gasteiger partial charge on any atom is -0.489 e. The number of phosphoric acid groups is 1. The van der Waals surface area contributed by atoms with E-state index in [2.05, 4.69) is 4.98 Å². The first kappa shape index (κ1) is 26.7. The molecule has 11 heteroatoms. The van der Waals surface area contributed by atoms with Gasteiger partial charge in [0.2, 0.25) is 0 Å². The van der Waals surface area contributed by atoms with Crippen molar-refractivity contribution in [1.82, 2.24) is 4.98 Å². The van der Waals surface area contributed by atoms with Crippen LogP contribution in [0.25, 0.3) is 0 Å². The smallest absolute Gasteiger partial charge is 0.475 e. The molecule has 0 bridgehead atoms. The first-order chi connectivity index (χ1) is 15.4. The van der Waals surface area contributed by atoms with Gasteiger partial charge >= 0.3 is 15.4 Å². The Kier molecular flexibility index (Phi) is 11.0. The van der Waals surface area contributed by atoms with Crippen LogP contribution in [0.1, 0.15) is 44.7 Å². The quantitative estimate of drug-likeness (QED) is 0.275. The Hall–Kier alpha value is -1.57. The maximum atomic E-state index is 13.6. The number of pyridine rings is 1. The number of nitrogens with zero attached hydrogens (tertiary/aromatic N) is 1. The molecule has 1 atom stereocenters. The monoisotopic (exact) mass is 487 g/mol. The van der Waals surface area contributed by atoms with E-state index < -0.39 is 21.3 Å². The van der Waals surface area contributed by atoms with Gasteiger partial charge in [-0.1, -0.05) is 18.2 Å². The molecule has 1 aromatic heterocycles. The lowest BCUT2D eigenvalue weighted by molar-refractivity contribution is 0.0891. The standard InChI is InChI=1S/C21H31NO8P2/c1-5-26-31(23,27-6-2)21(30-32(24,28-7-3)29-8-4)19-12-9-13-20(15-19)25-17-18-11-10-14-22-16-18/h9-16,21H,5-8,17H2,1-4H3. The fraction of sp³-hybridized carbons (Fsp3) is 0.476. The van der Waals surface area contributed by atoms with E-state index in [0.717, 1.165) is 5.56 Å². The van der Waals surface area contributed by atoms with Crippen molar-refractivity contribution in [2.45, 2.75) is 40.1 Å². The average molecular weight is 487 g/mol. The maximum absolute atomic E-state index is 13.6. The molecule has 32 heavy (non-hydrogen) atoms. The number of ether oxygens (including phenoxy) is 1. The molecule has 0 aliphatic carbocycles. The number of hydrogen-bond donors (Lipinski definition) is 0. The van der Waals surface area contributed by atoms with Crippen LogP contribution in [0.4, 0.5) is 0 Å². The Labute approximate surface area is 189 Å². The van der Waals surface area contributed by atoms with Crippen LogP contribution in [0.3, 0.4) is 0 Å². The van der Waals surface area contributed by atoms with Crippen LogP contribution in [0.15, 0.2) is 48.8 Å². The van der Waals surface area contributed by atoms with Crippen LogP contribution in [0, 0.1) is 0 Å². The predicted octanol–water partition coefficient (Wildman–Crippen LogP) is 6.12. The summed E-state index contributed by atoms with van der Waals surface area (Å²) in [6, 6.07) is 10.5. The molecule has 2 rings (SSSR count). The molecule has 0 amide bonds. The Bertz CT molecular complexity index is 892. The second-order valence-corrected chi connectivity index (χ2v) is 10.0. The third-order valence-corrected chi connectivity index (χ3v) is 7.98. The molecular weight excluding hydrogens is 456 g/mol. The van der Waals surface area contributed by atoms with Gasteiger partial charge < -0.3 is 13.8 Å². The van der Waals surface area contributed by atoms with E-state index in [-0.39, 0.29) is 33.0 Å². The summed E-state index contributed by atoms with van der Waals surface area (Å²) in [6.45, 7) is 7.31. The van der Waals surface area contributed by atoms with E-state index in [1.165, 1.54) is 0 Å². The van der Waals surface area contributed by atoms with Crippen molar-refractivity contribution in [2.75, 3.05) is 26.4 Å². The summed E-state index contributed by atoms with van der Waals surface area (Å²) in [5.74, 6) is -0.865. The second-order valence-electron chi connectivity index (χ2n) is 6.34. The fourth-order valence-electron chi connectivity index (χ4n) is 2.78. The lowest BCUT2D eigenvalue weighted by atomic mass is 10.2. The average Bonchev–Trinajstić information content (AvgIpc) is 2.78. The summed E-state index contributed by atoms with van der Waals surface area (Å²) in [4.78, 5) is 4.06. The van der Waals surface area contributed by atoms with E-state index in [9.17, 15) is 9.13 Å². The number of phosphoric ester groups is 1. The molecule has 9 nitrogen and oxygen atoms in total. The fourth-order valence-corrected chi connectivity index (χ4v) is 6.37. The summed E-state index contributed by atoms with van der Waals surface area (Å²) in [6.07, 6.45) is 3.38. The Morgan fingerprint density at radius 1 is 0.875 bits per heavy atom. The minimum absolute atomic E-state index is 0.0752. The molecule has 1 heterocycles. The van der Waals surface area contributed by atoms with E-state index in [1.54, 1.807) is 64.4 Å². The van der Waals surface area contributed by atoms with E-state index in [4.69, 9.17) is 27.4 Å². The normalized spacial score (nSPS) is 13.1. The molecule has 0 radical (unpaired) electrons. The number of benzene rings is 1. The largest absolute Gasteiger partial charge is 0.489 e. The summed E-state index contributed by atoms with van der Waals surface area (Å²) >= 11 is 0. The molecule has 1 aromatic carbocycles. The van der Waals surface area contributed by atoms with Gasteiger partial charge in [-0.2, -0.15) is 0 Å². The van der Waals surface area contributed by atoms with E-state index in [1.807, 2.05) is 12.1 Å². The lowest BCUT2D eigenvalue weighted by Crippen LogP contribution is -2.12. The molecule has 2 aromatic rings. The van der Waals surface area contributed by atoms with Crippen molar-refractivity contribution in [3.63, 3.8) is 0 Å². The zero-order chi connectivity index (χ0) is 23.5. The van der Waals surface area contributed by atoms with Crippen LogP contribution in [-0.4, -0.2) is 31.4 Å². The first-order valence-electron chi connectivity index (χ1n) is 10.5. The van der Waals surface area contributed by atoms with Crippen LogP contribution < -0.4 is 4.74 Å². The van der Waals surface area contributed by atoms with Crippen molar-refractivity contribution in [1.29, 1.82) is 0 Å². The third kappa shape index (κ3) is 7.78. The molecule has 0 saturated carbocycles. The van der Waals surface area contributed by atoms with Gasteiger partial charge in [-0.05, 0) is 51.5 Å². The highest BCUT2D eigenvalue weighted by atomic mass is 31.2. The second kappa shape index (κ2) is 13.2.